The fraction of sp³-hybridized carbons (Fsp3) is 0.579. The zero-order valence-electron chi connectivity index (χ0n) is 16.8. The Balaban J connectivity index is 1.99. The van der Waals surface area contributed by atoms with E-state index in [1.165, 1.54) is 11.1 Å². The average molecular weight is 428 g/mol. The Morgan fingerprint density at radius 1 is 1.23 bits per heavy atom. The maximum Gasteiger partial charge on any atom is 0.410 e. The Bertz CT molecular complexity index is 833. The Morgan fingerprint density at radius 2 is 1.93 bits per heavy atom. The lowest BCUT2D eigenvalue weighted by molar-refractivity contribution is -0.143. The van der Waals surface area contributed by atoms with Crippen molar-refractivity contribution < 1.29 is 32.3 Å². The van der Waals surface area contributed by atoms with E-state index < -0.39 is 41.9 Å². The van der Waals surface area contributed by atoms with E-state index in [0.29, 0.717) is 5.69 Å². The minimum atomic E-state index is -3.55. The third-order valence-corrected chi connectivity index (χ3v) is 4.92. The van der Waals surface area contributed by atoms with Gasteiger partial charge in [0, 0.05) is 31.4 Å². The molecule has 1 aromatic rings. The standard InChI is InChI=1S/C19H23F3N4O4/c1-18(2,3)30-17(29)24-8-9-25-16(28)26(14(22)13(20)21)15(27)19(25,11-24)10-12-6-4-5-7-23-12/h4-7,13-14H,8-11H2,1-3H3. The number of hydrogen-bond donors (Lipinski definition) is 0. The van der Waals surface area contributed by atoms with Gasteiger partial charge in [-0.15, -0.1) is 0 Å². The number of rotatable bonds is 4. The first-order valence-electron chi connectivity index (χ1n) is 9.41. The molecule has 0 aliphatic carbocycles. The van der Waals surface area contributed by atoms with Gasteiger partial charge in [-0.1, -0.05) is 6.07 Å². The van der Waals surface area contributed by atoms with Crippen molar-refractivity contribution in [2.24, 2.45) is 0 Å². The lowest BCUT2D eigenvalue weighted by Crippen LogP contribution is -2.65. The topological polar surface area (TPSA) is 83.0 Å². The molecule has 164 valence electrons. The van der Waals surface area contributed by atoms with Crippen LogP contribution in [-0.4, -0.2) is 81.2 Å². The quantitative estimate of drug-likeness (QED) is 0.544. The number of piperazine rings is 1. The highest BCUT2D eigenvalue weighted by Gasteiger charge is 2.63. The first-order chi connectivity index (χ1) is 14.0. The summed E-state index contributed by atoms with van der Waals surface area (Å²) in [4.78, 5) is 44.8. The van der Waals surface area contributed by atoms with Crippen molar-refractivity contribution in [1.29, 1.82) is 0 Å². The fourth-order valence-corrected chi connectivity index (χ4v) is 3.66. The number of fused-ring (bicyclic) bond motifs is 1. The first-order valence-corrected chi connectivity index (χ1v) is 9.41. The fourth-order valence-electron chi connectivity index (χ4n) is 3.66. The van der Waals surface area contributed by atoms with Gasteiger partial charge < -0.3 is 14.5 Å². The molecule has 0 bridgehead atoms. The summed E-state index contributed by atoms with van der Waals surface area (Å²) in [7, 11) is 0. The summed E-state index contributed by atoms with van der Waals surface area (Å²) >= 11 is 0. The van der Waals surface area contributed by atoms with E-state index in [0.717, 1.165) is 4.90 Å². The van der Waals surface area contributed by atoms with E-state index in [2.05, 4.69) is 4.98 Å². The van der Waals surface area contributed by atoms with Crippen LogP contribution in [0.25, 0.3) is 0 Å². The van der Waals surface area contributed by atoms with E-state index in [4.69, 9.17) is 4.74 Å². The number of carbonyl (C=O) groups is 3. The number of amides is 4. The summed E-state index contributed by atoms with van der Waals surface area (Å²) in [6.07, 6.45) is -6.03. The van der Waals surface area contributed by atoms with E-state index in [9.17, 15) is 27.6 Å². The van der Waals surface area contributed by atoms with Crippen LogP contribution in [0, 0.1) is 0 Å². The van der Waals surface area contributed by atoms with Gasteiger partial charge in [-0.25, -0.2) is 27.7 Å². The van der Waals surface area contributed by atoms with Gasteiger partial charge in [-0.2, -0.15) is 0 Å². The molecule has 2 saturated heterocycles. The maximum atomic E-state index is 14.1. The Hall–Kier alpha value is -2.85. The molecule has 30 heavy (non-hydrogen) atoms. The molecule has 2 unspecified atom stereocenters. The predicted octanol–water partition coefficient (Wildman–Crippen LogP) is 2.44. The van der Waals surface area contributed by atoms with Gasteiger partial charge in [0.05, 0.1) is 6.54 Å². The zero-order chi connectivity index (χ0) is 22.3. The number of imide groups is 1. The number of halogens is 3. The first kappa shape index (κ1) is 21.8. The van der Waals surface area contributed by atoms with Crippen LogP contribution in [0.5, 0.6) is 0 Å². The van der Waals surface area contributed by atoms with Crippen LogP contribution >= 0.6 is 0 Å². The number of ether oxygens (including phenoxy) is 1. The van der Waals surface area contributed by atoms with Crippen molar-refractivity contribution in [3.63, 3.8) is 0 Å². The largest absolute Gasteiger partial charge is 0.444 e. The van der Waals surface area contributed by atoms with Gasteiger partial charge in [-0.3, -0.25) is 9.78 Å². The van der Waals surface area contributed by atoms with Gasteiger partial charge in [0.2, 0.25) is 6.30 Å². The molecule has 1 aromatic heterocycles. The van der Waals surface area contributed by atoms with Crippen LogP contribution in [0.4, 0.5) is 22.8 Å². The highest BCUT2D eigenvalue weighted by Crippen LogP contribution is 2.37. The van der Waals surface area contributed by atoms with Gasteiger partial charge in [0.15, 0.2) is 0 Å². The average Bonchev–Trinajstić information content (AvgIpc) is 2.87. The molecule has 0 N–H and O–H groups in total. The van der Waals surface area contributed by atoms with Crippen LogP contribution in [0.2, 0.25) is 0 Å². The van der Waals surface area contributed by atoms with Crippen molar-refractivity contribution in [3.8, 4) is 0 Å². The SMILES string of the molecule is CC(C)(C)OC(=O)N1CCN2C(=O)N(C(F)C(F)F)C(=O)C2(Cc2ccccn2)C1. The van der Waals surface area contributed by atoms with Crippen LogP contribution in [0.3, 0.4) is 0 Å². The van der Waals surface area contributed by atoms with E-state index in [1.807, 2.05) is 0 Å². The molecule has 2 aliphatic rings. The second kappa shape index (κ2) is 7.77. The minimum absolute atomic E-state index is 0.0113. The number of aromatic nitrogens is 1. The molecule has 2 atom stereocenters. The Kier molecular flexibility index (Phi) is 5.66. The number of carbonyl (C=O) groups excluding carboxylic acids is 3. The van der Waals surface area contributed by atoms with E-state index in [1.54, 1.807) is 39.0 Å². The van der Waals surface area contributed by atoms with Crippen LogP contribution in [-0.2, 0) is 16.0 Å². The highest BCUT2D eigenvalue weighted by atomic mass is 19.3. The van der Waals surface area contributed by atoms with Crippen LogP contribution in [0.1, 0.15) is 26.5 Å². The maximum absolute atomic E-state index is 14.1. The number of hydrogen-bond acceptors (Lipinski definition) is 5. The molecular weight excluding hydrogens is 405 g/mol. The molecule has 3 heterocycles. The van der Waals surface area contributed by atoms with Gasteiger partial charge >= 0.3 is 12.1 Å². The second-order valence-corrected chi connectivity index (χ2v) is 8.25. The normalized spacial score (nSPS) is 23.1. The molecule has 3 rings (SSSR count). The summed E-state index contributed by atoms with van der Waals surface area (Å²) < 4.78 is 45.5. The summed E-state index contributed by atoms with van der Waals surface area (Å²) in [6, 6.07) is 3.76. The number of nitrogens with zero attached hydrogens (tertiary/aromatic N) is 4. The lowest BCUT2D eigenvalue weighted by atomic mass is 9.88. The van der Waals surface area contributed by atoms with Crippen LogP contribution < -0.4 is 0 Å². The Labute approximate surface area is 171 Å². The third kappa shape index (κ3) is 3.92. The number of alkyl halides is 3. The molecule has 4 amide bonds. The van der Waals surface area contributed by atoms with Crippen molar-refractivity contribution in [3.05, 3.63) is 30.1 Å². The predicted molar refractivity (Wildman–Crippen MR) is 98.3 cm³/mol. The van der Waals surface area contributed by atoms with Crippen molar-refractivity contribution >= 4 is 18.0 Å². The minimum Gasteiger partial charge on any atom is -0.444 e. The van der Waals surface area contributed by atoms with E-state index >= 15 is 0 Å². The lowest BCUT2D eigenvalue weighted by Gasteiger charge is -2.44. The molecule has 2 aliphatic heterocycles. The molecule has 2 fully saturated rings. The molecule has 8 nitrogen and oxygen atoms in total. The molecular formula is C19H23F3N4O4. The zero-order valence-corrected chi connectivity index (χ0v) is 16.8. The Morgan fingerprint density at radius 3 is 2.50 bits per heavy atom. The molecule has 11 heteroatoms. The number of pyridine rings is 1. The van der Waals surface area contributed by atoms with E-state index in [-0.39, 0.29) is 31.0 Å². The third-order valence-electron chi connectivity index (χ3n) is 4.92. The van der Waals surface area contributed by atoms with Crippen molar-refractivity contribution in [1.82, 2.24) is 19.7 Å². The summed E-state index contributed by atoms with van der Waals surface area (Å²) in [5, 5.41) is 0. The summed E-state index contributed by atoms with van der Waals surface area (Å²) in [6.45, 7) is 4.57. The molecule has 0 saturated carbocycles. The van der Waals surface area contributed by atoms with Gasteiger partial charge in [0.25, 0.3) is 12.3 Å². The highest BCUT2D eigenvalue weighted by molar-refractivity contribution is 6.08. The second-order valence-electron chi connectivity index (χ2n) is 8.25. The monoisotopic (exact) mass is 428 g/mol. The van der Waals surface area contributed by atoms with Gasteiger partial charge in [-0.05, 0) is 32.9 Å². The summed E-state index contributed by atoms with van der Waals surface area (Å²) in [5.74, 6) is -1.13. The smallest absolute Gasteiger partial charge is 0.410 e. The molecule has 0 radical (unpaired) electrons. The van der Waals surface area contributed by atoms with Crippen LogP contribution in [0.15, 0.2) is 24.4 Å². The molecule has 0 spiro atoms. The van der Waals surface area contributed by atoms with Crippen molar-refractivity contribution in [2.45, 2.75) is 51.1 Å². The molecule has 0 aromatic carbocycles. The van der Waals surface area contributed by atoms with Gasteiger partial charge in [0.1, 0.15) is 11.1 Å². The van der Waals surface area contributed by atoms with Crippen molar-refractivity contribution in [2.75, 3.05) is 19.6 Å². The summed E-state index contributed by atoms with van der Waals surface area (Å²) in [5.41, 5.74) is -2.16. The number of urea groups is 1.